The van der Waals surface area contributed by atoms with E-state index in [9.17, 15) is 9.59 Å². The summed E-state index contributed by atoms with van der Waals surface area (Å²) >= 11 is 0. The van der Waals surface area contributed by atoms with Gasteiger partial charge >= 0.3 is 5.63 Å². The summed E-state index contributed by atoms with van der Waals surface area (Å²) in [6.45, 7) is 9.73. The molecule has 0 radical (unpaired) electrons. The molecular weight excluding hydrogens is 438 g/mol. The quantitative estimate of drug-likeness (QED) is 0.364. The molecule has 34 heavy (non-hydrogen) atoms. The molecule has 0 aliphatic heterocycles. The molecule has 0 unspecified atom stereocenters. The number of anilines is 1. The van der Waals surface area contributed by atoms with Crippen LogP contribution < -0.4 is 29.9 Å². The van der Waals surface area contributed by atoms with E-state index < -0.39 is 11.5 Å². The Morgan fingerprint density at radius 1 is 1.00 bits per heavy atom. The van der Waals surface area contributed by atoms with Crippen LogP contribution in [0.2, 0.25) is 0 Å². The number of fused-ring (bicyclic) bond motifs is 1. The number of carbonyl (C=O) groups excluding carboxylic acids is 1. The monoisotopic (exact) mass is 467 g/mol. The third-order valence-electron chi connectivity index (χ3n) is 5.25. The third kappa shape index (κ3) is 5.17. The lowest BCUT2D eigenvalue weighted by Crippen LogP contribution is -2.21. The lowest BCUT2D eigenvalue weighted by molar-refractivity contribution is -0.115. The third-order valence-corrected chi connectivity index (χ3v) is 5.25. The highest BCUT2D eigenvalue weighted by molar-refractivity contribution is 5.95. The fourth-order valence-electron chi connectivity index (χ4n) is 3.68. The van der Waals surface area contributed by atoms with Gasteiger partial charge in [0.1, 0.15) is 17.9 Å². The summed E-state index contributed by atoms with van der Waals surface area (Å²) in [6, 6.07) is 6.87. The SMILES string of the molecule is C=C(C)COc1cc(C)cc2oc(=O)c(CC(=O)Nc3cc(OC)c(OC)c(OC)c3)c(C)c12. The van der Waals surface area contributed by atoms with Gasteiger partial charge in [-0.05, 0) is 49.6 Å². The Morgan fingerprint density at radius 2 is 1.65 bits per heavy atom. The molecule has 8 heteroatoms. The highest BCUT2D eigenvalue weighted by atomic mass is 16.5. The lowest BCUT2D eigenvalue weighted by atomic mass is 10.0. The summed E-state index contributed by atoms with van der Waals surface area (Å²) in [5.41, 5.74) is 2.90. The topological polar surface area (TPSA) is 96.2 Å². The average molecular weight is 468 g/mol. The Morgan fingerprint density at radius 3 is 2.21 bits per heavy atom. The largest absolute Gasteiger partial charge is 0.493 e. The summed E-state index contributed by atoms with van der Waals surface area (Å²) in [4.78, 5) is 25.6. The van der Waals surface area contributed by atoms with Crippen LogP contribution in [0.4, 0.5) is 5.69 Å². The number of hydrogen-bond acceptors (Lipinski definition) is 7. The molecule has 3 rings (SSSR count). The Kier molecular flexibility index (Phi) is 7.50. The predicted octanol–water partition coefficient (Wildman–Crippen LogP) is 4.57. The molecule has 0 fully saturated rings. The van der Waals surface area contributed by atoms with Crippen LogP contribution in [0.1, 0.15) is 23.6 Å². The van der Waals surface area contributed by atoms with Crippen molar-refractivity contribution >= 4 is 22.6 Å². The van der Waals surface area contributed by atoms with E-state index in [4.69, 9.17) is 23.4 Å². The van der Waals surface area contributed by atoms with Gasteiger partial charge in [0.05, 0.1) is 38.7 Å². The number of methoxy groups -OCH3 is 3. The van der Waals surface area contributed by atoms with Crippen LogP contribution in [0.3, 0.4) is 0 Å². The first-order valence-corrected chi connectivity index (χ1v) is 10.6. The Labute approximate surface area is 198 Å². The maximum absolute atomic E-state index is 12.9. The highest BCUT2D eigenvalue weighted by Gasteiger charge is 2.20. The van der Waals surface area contributed by atoms with Crippen molar-refractivity contribution in [3.05, 3.63) is 63.5 Å². The minimum absolute atomic E-state index is 0.186. The second-order valence-corrected chi connectivity index (χ2v) is 8.01. The number of ether oxygens (including phenoxy) is 4. The van der Waals surface area contributed by atoms with Crippen LogP contribution >= 0.6 is 0 Å². The standard InChI is InChI=1S/C26H29NO7/c1-14(2)13-33-19-8-15(3)9-20-24(19)16(4)18(26(29)34-20)12-23(28)27-17-10-21(30-5)25(32-7)22(11-17)31-6/h8-11H,1,12-13H2,2-7H3,(H,27,28). The van der Waals surface area contributed by atoms with Gasteiger partial charge in [-0.25, -0.2) is 4.79 Å². The zero-order chi connectivity index (χ0) is 25.0. The van der Waals surface area contributed by atoms with Gasteiger partial charge < -0.3 is 28.7 Å². The summed E-state index contributed by atoms with van der Waals surface area (Å²) in [6.07, 6.45) is -0.186. The van der Waals surface area contributed by atoms with Gasteiger partial charge in [-0.15, -0.1) is 0 Å². The van der Waals surface area contributed by atoms with Crippen molar-refractivity contribution in [3.63, 3.8) is 0 Å². The number of nitrogens with one attached hydrogen (secondary N) is 1. The molecule has 1 N–H and O–H groups in total. The van der Waals surface area contributed by atoms with Crippen LogP contribution in [0.5, 0.6) is 23.0 Å². The molecule has 2 aromatic carbocycles. The molecule has 0 saturated heterocycles. The molecule has 1 aromatic heterocycles. The highest BCUT2D eigenvalue weighted by Crippen LogP contribution is 2.40. The van der Waals surface area contributed by atoms with E-state index in [-0.39, 0.29) is 12.0 Å². The molecule has 0 aliphatic carbocycles. The van der Waals surface area contributed by atoms with Crippen molar-refractivity contribution in [2.75, 3.05) is 33.3 Å². The molecule has 0 saturated carbocycles. The molecule has 180 valence electrons. The van der Waals surface area contributed by atoms with Crippen LogP contribution in [0.25, 0.3) is 11.0 Å². The summed E-state index contributed by atoms with van der Waals surface area (Å²) in [5.74, 6) is 1.37. The van der Waals surface area contributed by atoms with E-state index in [1.165, 1.54) is 21.3 Å². The van der Waals surface area contributed by atoms with Crippen LogP contribution in [-0.2, 0) is 11.2 Å². The van der Waals surface area contributed by atoms with E-state index in [0.717, 1.165) is 11.1 Å². The van der Waals surface area contributed by atoms with Crippen molar-refractivity contribution in [3.8, 4) is 23.0 Å². The maximum Gasteiger partial charge on any atom is 0.340 e. The van der Waals surface area contributed by atoms with Gasteiger partial charge in [-0.3, -0.25) is 4.79 Å². The van der Waals surface area contributed by atoms with E-state index >= 15 is 0 Å². The van der Waals surface area contributed by atoms with Gasteiger partial charge in [-0.1, -0.05) is 6.58 Å². The van der Waals surface area contributed by atoms with Crippen LogP contribution in [-0.4, -0.2) is 33.8 Å². The van der Waals surface area contributed by atoms with Crippen molar-refractivity contribution in [2.45, 2.75) is 27.2 Å². The van der Waals surface area contributed by atoms with E-state index in [0.29, 0.717) is 51.8 Å². The Balaban J connectivity index is 1.96. The van der Waals surface area contributed by atoms with Gasteiger partial charge in [0, 0.05) is 17.8 Å². The van der Waals surface area contributed by atoms with Gasteiger partial charge in [0.25, 0.3) is 0 Å². The second kappa shape index (κ2) is 10.3. The minimum atomic E-state index is -0.568. The van der Waals surface area contributed by atoms with Crippen molar-refractivity contribution in [2.24, 2.45) is 0 Å². The van der Waals surface area contributed by atoms with Gasteiger partial charge in [0.15, 0.2) is 11.5 Å². The van der Waals surface area contributed by atoms with Crippen molar-refractivity contribution in [1.29, 1.82) is 0 Å². The Bertz CT molecular complexity index is 1280. The molecule has 8 nitrogen and oxygen atoms in total. The van der Waals surface area contributed by atoms with E-state index in [2.05, 4.69) is 11.9 Å². The minimum Gasteiger partial charge on any atom is -0.493 e. The molecule has 1 amide bonds. The average Bonchev–Trinajstić information content (AvgIpc) is 2.78. The van der Waals surface area contributed by atoms with Crippen molar-refractivity contribution in [1.82, 2.24) is 0 Å². The Hall–Kier alpha value is -3.94. The predicted molar refractivity (Wildman–Crippen MR) is 131 cm³/mol. The first-order chi connectivity index (χ1) is 16.2. The number of aryl methyl sites for hydroxylation is 2. The molecular formula is C26H29NO7. The summed E-state index contributed by atoms with van der Waals surface area (Å²) < 4.78 is 27.4. The zero-order valence-electron chi connectivity index (χ0n) is 20.3. The number of hydrogen-bond donors (Lipinski definition) is 1. The molecule has 0 atom stereocenters. The first-order valence-electron chi connectivity index (χ1n) is 10.6. The fourth-order valence-corrected chi connectivity index (χ4v) is 3.68. The fraction of sp³-hybridized carbons (Fsp3) is 0.308. The molecule has 1 heterocycles. The second-order valence-electron chi connectivity index (χ2n) is 8.01. The van der Waals surface area contributed by atoms with Gasteiger partial charge in [0.2, 0.25) is 11.7 Å². The zero-order valence-corrected chi connectivity index (χ0v) is 20.3. The van der Waals surface area contributed by atoms with Crippen LogP contribution in [0, 0.1) is 13.8 Å². The van der Waals surface area contributed by atoms with E-state index in [1.54, 1.807) is 25.1 Å². The van der Waals surface area contributed by atoms with E-state index in [1.807, 2.05) is 19.9 Å². The summed E-state index contributed by atoms with van der Waals surface area (Å²) in [5, 5.41) is 3.43. The van der Waals surface area contributed by atoms with Crippen molar-refractivity contribution < 1.29 is 28.2 Å². The molecule has 3 aromatic rings. The lowest BCUT2D eigenvalue weighted by Gasteiger charge is -2.15. The molecule has 0 aliphatic rings. The normalized spacial score (nSPS) is 10.6. The molecule has 0 bridgehead atoms. The van der Waals surface area contributed by atoms with Gasteiger partial charge in [-0.2, -0.15) is 0 Å². The number of carbonyl (C=O) groups is 1. The number of rotatable bonds is 9. The van der Waals surface area contributed by atoms with Crippen LogP contribution in [0.15, 0.2) is 45.6 Å². The number of amides is 1. The molecule has 0 spiro atoms. The number of benzene rings is 2. The first kappa shape index (κ1) is 24.7. The maximum atomic E-state index is 12.9. The summed E-state index contributed by atoms with van der Waals surface area (Å²) in [7, 11) is 4.47. The smallest absolute Gasteiger partial charge is 0.340 e.